The maximum absolute atomic E-state index is 13.4. The van der Waals surface area contributed by atoms with Gasteiger partial charge in [0.2, 0.25) is 5.91 Å². The van der Waals surface area contributed by atoms with Gasteiger partial charge in [-0.3, -0.25) is 24.3 Å². The molecule has 1 atom stereocenters. The largest absolute Gasteiger partial charge is 0.444 e. The Morgan fingerprint density at radius 1 is 1.00 bits per heavy atom. The lowest BCUT2D eigenvalue weighted by atomic mass is 10.1. The predicted molar refractivity (Wildman–Crippen MR) is 164 cm³/mol. The number of rotatable bonds is 9. The Morgan fingerprint density at radius 2 is 1.70 bits per heavy atom. The van der Waals surface area contributed by atoms with Gasteiger partial charge in [-0.1, -0.05) is 54.6 Å². The van der Waals surface area contributed by atoms with Crippen LogP contribution in [-0.2, 0) is 33.8 Å². The van der Waals surface area contributed by atoms with Gasteiger partial charge in [0.1, 0.15) is 23.9 Å². The summed E-state index contributed by atoms with van der Waals surface area (Å²) < 4.78 is 11.6. The maximum atomic E-state index is 13.4. The van der Waals surface area contributed by atoms with Crippen molar-refractivity contribution in [2.24, 2.45) is 5.10 Å². The second-order valence-corrected chi connectivity index (χ2v) is 11.2. The Balaban J connectivity index is 1.40. The molecule has 1 aromatic heterocycles. The van der Waals surface area contributed by atoms with Crippen LogP contribution in [0.2, 0.25) is 0 Å². The molecule has 0 bridgehead atoms. The zero-order valence-electron chi connectivity index (χ0n) is 25.0. The first-order valence-corrected chi connectivity index (χ1v) is 14.1. The zero-order valence-corrected chi connectivity index (χ0v) is 25.0. The molecule has 230 valence electrons. The number of carbonyl (C=O) groups is 4. The van der Waals surface area contributed by atoms with E-state index < -0.39 is 35.3 Å². The topological polar surface area (TPSA) is 157 Å². The van der Waals surface area contributed by atoms with E-state index in [-0.39, 0.29) is 30.2 Å². The number of carbonyl (C=O) groups excluding carboxylic acids is 4. The number of pyridine rings is 1. The van der Waals surface area contributed by atoms with Gasteiger partial charge in [-0.25, -0.2) is 15.0 Å². The minimum atomic E-state index is -0.858. The van der Waals surface area contributed by atoms with Gasteiger partial charge in [-0.2, -0.15) is 5.10 Å². The molecule has 1 aliphatic heterocycles. The molecule has 0 fully saturated rings. The van der Waals surface area contributed by atoms with Crippen molar-refractivity contribution in [3.8, 4) is 0 Å². The number of hydrogen-bond donors (Lipinski definition) is 3. The number of ketones is 1. The fourth-order valence-corrected chi connectivity index (χ4v) is 4.66. The van der Waals surface area contributed by atoms with Gasteiger partial charge in [0, 0.05) is 17.8 Å². The van der Waals surface area contributed by atoms with E-state index in [1.54, 1.807) is 57.2 Å². The number of aromatic nitrogens is 1. The van der Waals surface area contributed by atoms with Crippen LogP contribution in [0.4, 0.5) is 15.3 Å². The molecule has 3 amide bonds. The van der Waals surface area contributed by atoms with E-state index in [9.17, 15) is 24.0 Å². The van der Waals surface area contributed by atoms with Gasteiger partial charge in [-0.05, 0) is 63.3 Å². The van der Waals surface area contributed by atoms with Crippen LogP contribution in [0, 0.1) is 0 Å². The predicted octanol–water partition coefficient (Wildman–Crippen LogP) is 4.46. The van der Waals surface area contributed by atoms with E-state index in [1.165, 1.54) is 23.8 Å². The van der Waals surface area contributed by atoms with Crippen molar-refractivity contribution in [2.75, 3.05) is 5.32 Å². The highest BCUT2D eigenvalue weighted by Crippen LogP contribution is 2.28. The van der Waals surface area contributed by atoms with Gasteiger partial charge in [0.05, 0.1) is 6.21 Å². The molecule has 0 aliphatic carbocycles. The summed E-state index contributed by atoms with van der Waals surface area (Å²) in [7, 11) is 0. The average molecular weight is 602 g/mol. The third kappa shape index (κ3) is 8.40. The molecule has 2 heterocycles. The first-order chi connectivity index (χ1) is 20.9. The van der Waals surface area contributed by atoms with Gasteiger partial charge >= 0.3 is 12.2 Å². The molecule has 1 aliphatic rings. The molecular weight excluding hydrogens is 566 g/mol. The standard InChI is InChI=1S/C32H35N5O7/c1-20(38)24-16-25(35-30(41)43-19-23-8-6-5-7-9-23)29(40)37-26(24)14-15-27(37)28(39)33-17-21-10-12-22(13-11-21)18-34-36-31(42)44-32(2,3)4/h5-13,16,18,27H,14-15,17,19H2,1-4H3,(H,33,39)(H,35,41)(H,36,42)/t27-/m0/s1. The van der Waals surface area contributed by atoms with Crippen molar-refractivity contribution in [2.45, 2.75) is 65.3 Å². The van der Waals surface area contributed by atoms with Crippen molar-refractivity contribution in [3.63, 3.8) is 0 Å². The van der Waals surface area contributed by atoms with Crippen LogP contribution in [-0.4, -0.2) is 40.3 Å². The molecule has 3 N–H and O–H groups in total. The second-order valence-electron chi connectivity index (χ2n) is 11.2. The van der Waals surface area contributed by atoms with Gasteiger partial charge in [0.25, 0.3) is 5.56 Å². The van der Waals surface area contributed by atoms with Crippen LogP contribution in [0.1, 0.15) is 72.9 Å². The number of benzene rings is 2. The van der Waals surface area contributed by atoms with Crippen molar-refractivity contribution >= 4 is 35.8 Å². The number of ether oxygens (including phenoxy) is 2. The number of Topliss-reactive ketones (excluding diaryl/α,β-unsaturated/α-hetero) is 1. The Morgan fingerprint density at radius 3 is 2.36 bits per heavy atom. The molecule has 0 spiro atoms. The smallest absolute Gasteiger partial charge is 0.428 e. The zero-order chi connectivity index (χ0) is 31.9. The summed E-state index contributed by atoms with van der Waals surface area (Å²) in [6, 6.07) is 16.7. The number of hydrazone groups is 1. The number of fused-ring (bicyclic) bond motifs is 1. The normalized spacial score (nSPS) is 14.0. The summed E-state index contributed by atoms with van der Waals surface area (Å²) in [5, 5.41) is 9.16. The summed E-state index contributed by atoms with van der Waals surface area (Å²) in [4.78, 5) is 63.3. The molecule has 12 nitrogen and oxygen atoms in total. The van der Waals surface area contributed by atoms with E-state index in [0.29, 0.717) is 24.1 Å². The number of nitrogens with zero attached hydrogens (tertiary/aromatic N) is 2. The van der Waals surface area contributed by atoms with Crippen LogP contribution in [0.15, 0.2) is 70.6 Å². The monoisotopic (exact) mass is 601 g/mol. The molecule has 0 unspecified atom stereocenters. The van der Waals surface area contributed by atoms with Crippen LogP contribution >= 0.6 is 0 Å². The van der Waals surface area contributed by atoms with Crippen LogP contribution in [0.5, 0.6) is 0 Å². The highest BCUT2D eigenvalue weighted by Gasteiger charge is 2.33. The fourth-order valence-electron chi connectivity index (χ4n) is 4.66. The Hall–Kier alpha value is -5.26. The summed E-state index contributed by atoms with van der Waals surface area (Å²) in [5.74, 6) is -0.684. The summed E-state index contributed by atoms with van der Waals surface area (Å²) in [6.07, 6.45) is 0.621. The minimum absolute atomic E-state index is 0.000291. The van der Waals surface area contributed by atoms with Crippen molar-refractivity contribution in [1.29, 1.82) is 0 Å². The van der Waals surface area contributed by atoms with E-state index in [1.807, 2.05) is 18.2 Å². The van der Waals surface area contributed by atoms with Crippen molar-refractivity contribution < 1.29 is 28.7 Å². The molecule has 3 aromatic rings. The minimum Gasteiger partial charge on any atom is -0.444 e. The lowest BCUT2D eigenvalue weighted by molar-refractivity contribution is -0.124. The molecular formula is C32H35N5O7. The molecule has 0 saturated heterocycles. The number of nitrogens with one attached hydrogen (secondary N) is 3. The Kier molecular flexibility index (Phi) is 9.94. The first-order valence-electron chi connectivity index (χ1n) is 14.1. The fraction of sp³-hybridized carbons (Fsp3) is 0.312. The van der Waals surface area contributed by atoms with Crippen LogP contribution in [0.3, 0.4) is 0 Å². The summed E-state index contributed by atoms with van der Waals surface area (Å²) in [5.41, 5.74) is 3.92. The third-order valence-corrected chi connectivity index (χ3v) is 6.65. The summed E-state index contributed by atoms with van der Waals surface area (Å²) in [6.45, 7) is 6.82. The summed E-state index contributed by atoms with van der Waals surface area (Å²) >= 11 is 0. The lowest BCUT2D eigenvalue weighted by Crippen LogP contribution is -2.37. The highest BCUT2D eigenvalue weighted by molar-refractivity contribution is 5.97. The van der Waals surface area contributed by atoms with Gasteiger partial charge in [-0.15, -0.1) is 0 Å². The number of amides is 3. The van der Waals surface area contributed by atoms with Gasteiger partial charge < -0.3 is 14.8 Å². The molecule has 44 heavy (non-hydrogen) atoms. The molecule has 4 rings (SSSR count). The average Bonchev–Trinajstić information content (AvgIpc) is 3.42. The van der Waals surface area contributed by atoms with E-state index in [4.69, 9.17) is 9.47 Å². The van der Waals surface area contributed by atoms with Crippen molar-refractivity contribution in [3.05, 3.63) is 99.0 Å². The van der Waals surface area contributed by atoms with E-state index >= 15 is 0 Å². The van der Waals surface area contributed by atoms with Crippen LogP contribution in [0.25, 0.3) is 0 Å². The Bertz CT molecular complexity index is 1620. The van der Waals surface area contributed by atoms with Crippen molar-refractivity contribution in [1.82, 2.24) is 15.3 Å². The third-order valence-electron chi connectivity index (χ3n) is 6.65. The molecule has 0 radical (unpaired) electrons. The maximum Gasteiger partial charge on any atom is 0.428 e. The molecule has 12 heteroatoms. The highest BCUT2D eigenvalue weighted by atomic mass is 16.6. The van der Waals surface area contributed by atoms with E-state index in [2.05, 4.69) is 21.2 Å². The van der Waals surface area contributed by atoms with E-state index in [0.717, 1.165) is 11.1 Å². The Labute approximate surface area is 254 Å². The van der Waals surface area contributed by atoms with Crippen LogP contribution < -0.4 is 21.6 Å². The SMILES string of the molecule is CC(=O)c1cc(NC(=O)OCc2ccccc2)c(=O)n2c1CC[C@H]2C(=O)NCc1ccc(C=NNC(=O)OC(C)(C)C)cc1. The molecule has 0 saturated carbocycles. The first kappa shape index (κ1) is 31.7. The lowest BCUT2D eigenvalue weighted by Gasteiger charge is -2.18. The second kappa shape index (κ2) is 13.8. The van der Waals surface area contributed by atoms with Gasteiger partial charge in [0.15, 0.2) is 5.78 Å². The number of hydrogen-bond acceptors (Lipinski definition) is 8. The molecule has 2 aromatic carbocycles. The quantitative estimate of drug-likeness (QED) is 0.186. The number of anilines is 1.